The van der Waals surface area contributed by atoms with Crippen LogP contribution in [0.3, 0.4) is 0 Å². The number of fused-ring (bicyclic) bond motifs is 1. The number of hydrogen-bond acceptors (Lipinski definition) is 4. The van der Waals surface area contributed by atoms with E-state index in [1.807, 2.05) is 59.3 Å². The fourth-order valence-electron chi connectivity index (χ4n) is 2.96. The molecule has 136 valence electrons. The molecule has 1 aliphatic rings. The lowest BCUT2D eigenvalue weighted by Crippen LogP contribution is -2.40. The smallest absolute Gasteiger partial charge is 0.265 e. The van der Waals surface area contributed by atoms with Gasteiger partial charge in [0.2, 0.25) is 5.91 Å². The number of carbonyl (C=O) groups excluding carboxylic acids is 2. The molecular weight excluding hydrogens is 344 g/mol. The summed E-state index contributed by atoms with van der Waals surface area (Å²) in [6, 6.07) is 14.8. The van der Waals surface area contributed by atoms with Crippen molar-refractivity contribution in [1.82, 2.24) is 9.55 Å². The summed E-state index contributed by atoms with van der Waals surface area (Å²) in [4.78, 5) is 30.0. The van der Waals surface area contributed by atoms with Gasteiger partial charge < -0.3 is 19.5 Å². The quantitative estimate of drug-likeness (QED) is 0.757. The summed E-state index contributed by atoms with van der Waals surface area (Å²) >= 11 is 0. The van der Waals surface area contributed by atoms with Gasteiger partial charge in [-0.1, -0.05) is 12.1 Å². The van der Waals surface area contributed by atoms with Crippen molar-refractivity contribution in [2.45, 2.75) is 6.42 Å². The summed E-state index contributed by atoms with van der Waals surface area (Å²) in [6.07, 6.45) is 5.47. The Morgan fingerprint density at radius 2 is 1.96 bits per heavy atom. The molecule has 0 fully saturated rings. The summed E-state index contributed by atoms with van der Waals surface area (Å²) in [6.45, 7) is 0.298. The number of nitrogens with one attached hydrogen (secondary N) is 1. The average molecular weight is 362 g/mol. The molecule has 0 radical (unpaired) electrons. The standard InChI is InChI=1S/C20H18N4O3/c25-19(22-15-5-7-16(8-6-15)23-12-10-21-14-23)9-11-24-17-3-1-2-4-18(17)27-13-20(24)26/h1-8,10,12,14H,9,11,13H2,(H,22,25). The Bertz CT molecular complexity index is 952. The average Bonchev–Trinajstić information content (AvgIpc) is 3.22. The van der Waals surface area contributed by atoms with Crippen molar-refractivity contribution in [1.29, 1.82) is 0 Å². The number of carbonyl (C=O) groups is 2. The largest absolute Gasteiger partial charge is 0.482 e. The highest BCUT2D eigenvalue weighted by Gasteiger charge is 2.25. The van der Waals surface area contributed by atoms with Gasteiger partial charge in [0.15, 0.2) is 6.61 Å². The van der Waals surface area contributed by atoms with Gasteiger partial charge in [-0.25, -0.2) is 4.98 Å². The van der Waals surface area contributed by atoms with E-state index >= 15 is 0 Å². The van der Waals surface area contributed by atoms with Gasteiger partial charge in [-0.3, -0.25) is 9.59 Å². The van der Waals surface area contributed by atoms with Crippen LogP contribution in [-0.4, -0.2) is 34.5 Å². The van der Waals surface area contributed by atoms with Gasteiger partial charge in [0.1, 0.15) is 5.75 Å². The fourth-order valence-corrected chi connectivity index (χ4v) is 2.96. The second kappa shape index (κ2) is 7.33. The Morgan fingerprint density at radius 1 is 1.15 bits per heavy atom. The molecule has 0 atom stereocenters. The minimum atomic E-state index is -0.151. The zero-order valence-electron chi connectivity index (χ0n) is 14.5. The van der Waals surface area contributed by atoms with Crippen LogP contribution in [0.25, 0.3) is 5.69 Å². The summed E-state index contributed by atoms with van der Waals surface area (Å²) in [5, 5.41) is 2.86. The molecule has 0 aliphatic carbocycles. The first-order valence-corrected chi connectivity index (χ1v) is 8.61. The first kappa shape index (κ1) is 16.8. The predicted octanol–water partition coefficient (Wildman–Crippen LogP) is 2.63. The molecule has 3 aromatic rings. The van der Waals surface area contributed by atoms with Crippen LogP contribution in [-0.2, 0) is 9.59 Å². The third kappa shape index (κ3) is 3.67. The normalized spacial score (nSPS) is 13.0. The maximum atomic E-state index is 12.3. The molecule has 0 saturated heterocycles. The van der Waals surface area contributed by atoms with Crippen molar-refractivity contribution in [3.8, 4) is 11.4 Å². The monoisotopic (exact) mass is 362 g/mol. The number of anilines is 2. The Balaban J connectivity index is 1.37. The van der Waals surface area contributed by atoms with Gasteiger partial charge in [0.05, 0.1) is 12.0 Å². The highest BCUT2D eigenvalue weighted by atomic mass is 16.5. The van der Waals surface area contributed by atoms with Crippen molar-refractivity contribution in [2.75, 3.05) is 23.4 Å². The van der Waals surface area contributed by atoms with Crippen LogP contribution >= 0.6 is 0 Å². The minimum Gasteiger partial charge on any atom is -0.482 e. The summed E-state index contributed by atoms with van der Waals surface area (Å²) < 4.78 is 7.29. The molecule has 1 aromatic heterocycles. The first-order valence-electron chi connectivity index (χ1n) is 8.61. The number of nitrogens with zero attached hydrogens (tertiary/aromatic N) is 3. The second-order valence-corrected chi connectivity index (χ2v) is 6.12. The van der Waals surface area contributed by atoms with Crippen molar-refractivity contribution in [2.24, 2.45) is 0 Å². The van der Waals surface area contributed by atoms with E-state index in [2.05, 4.69) is 10.3 Å². The van der Waals surface area contributed by atoms with Gasteiger partial charge in [-0.05, 0) is 36.4 Å². The van der Waals surface area contributed by atoms with Crippen LogP contribution in [0.4, 0.5) is 11.4 Å². The van der Waals surface area contributed by atoms with Crippen molar-refractivity contribution < 1.29 is 14.3 Å². The number of rotatable bonds is 5. The zero-order valence-corrected chi connectivity index (χ0v) is 14.5. The summed E-state index contributed by atoms with van der Waals surface area (Å²) in [5.74, 6) is 0.362. The van der Waals surface area contributed by atoms with E-state index in [1.165, 1.54) is 0 Å². The topological polar surface area (TPSA) is 76.5 Å². The molecule has 4 rings (SSSR count). The van der Waals surface area contributed by atoms with Crippen LogP contribution < -0.4 is 15.0 Å². The predicted molar refractivity (Wildman–Crippen MR) is 101 cm³/mol. The zero-order chi connectivity index (χ0) is 18.6. The first-order chi connectivity index (χ1) is 13.2. The van der Waals surface area contributed by atoms with Crippen molar-refractivity contribution in [3.63, 3.8) is 0 Å². The Kier molecular flexibility index (Phi) is 4.57. The molecule has 0 unspecified atom stereocenters. The van der Waals surface area contributed by atoms with E-state index in [9.17, 15) is 9.59 Å². The molecule has 1 aliphatic heterocycles. The number of hydrogen-bond donors (Lipinski definition) is 1. The van der Waals surface area contributed by atoms with E-state index in [0.29, 0.717) is 23.7 Å². The minimum absolute atomic E-state index is 0.00561. The Hall–Kier alpha value is -3.61. The number of ether oxygens (including phenoxy) is 1. The number of benzene rings is 2. The second-order valence-electron chi connectivity index (χ2n) is 6.12. The van der Waals surface area contributed by atoms with Crippen molar-refractivity contribution in [3.05, 3.63) is 67.3 Å². The number of amides is 2. The molecular formula is C20H18N4O3. The molecule has 2 aromatic carbocycles. The molecule has 7 nitrogen and oxygen atoms in total. The fraction of sp³-hybridized carbons (Fsp3) is 0.150. The van der Waals surface area contributed by atoms with Gasteiger partial charge in [0, 0.05) is 36.7 Å². The van der Waals surface area contributed by atoms with Gasteiger partial charge in [-0.15, -0.1) is 0 Å². The van der Waals surface area contributed by atoms with Gasteiger partial charge in [0.25, 0.3) is 5.91 Å². The molecule has 0 bridgehead atoms. The third-order valence-electron chi connectivity index (χ3n) is 4.32. The Labute approximate surface area is 156 Å². The molecule has 0 saturated carbocycles. The van der Waals surface area contributed by atoms with E-state index < -0.39 is 0 Å². The Morgan fingerprint density at radius 3 is 2.74 bits per heavy atom. The molecule has 1 N–H and O–H groups in total. The summed E-state index contributed by atoms with van der Waals surface area (Å²) in [5.41, 5.74) is 2.37. The maximum absolute atomic E-state index is 12.3. The third-order valence-corrected chi connectivity index (χ3v) is 4.32. The number of para-hydroxylation sites is 2. The van der Waals surface area contributed by atoms with E-state index in [4.69, 9.17) is 4.74 Å². The molecule has 2 amide bonds. The van der Waals surface area contributed by atoms with Gasteiger partial charge >= 0.3 is 0 Å². The lowest BCUT2D eigenvalue weighted by atomic mass is 10.2. The number of aromatic nitrogens is 2. The van der Waals surface area contributed by atoms with Crippen LogP contribution in [0.5, 0.6) is 5.75 Å². The number of imidazole rings is 1. The van der Waals surface area contributed by atoms with Gasteiger partial charge in [-0.2, -0.15) is 0 Å². The summed E-state index contributed by atoms with van der Waals surface area (Å²) in [7, 11) is 0. The molecule has 27 heavy (non-hydrogen) atoms. The SMILES string of the molecule is O=C(CCN1C(=O)COc2ccccc21)Nc1ccc(-n2ccnc2)cc1. The molecule has 0 spiro atoms. The highest BCUT2D eigenvalue weighted by molar-refractivity contribution is 5.99. The maximum Gasteiger partial charge on any atom is 0.265 e. The lowest BCUT2D eigenvalue weighted by molar-refractivity contribution is -0.121. The highest BCUT2D eigenvalue weighted by Crippen LogP contribution is 2.31. The van der Waals surface area contributed by atoms with Crippen LogP contribution in [0.15, 0.2) is 67.3 Å². The van der Waals surface area contributed by atoms with E-state index in [-0.39, 0.29) is 24.8 Å². The lowest BCUT2D eigenvalue weighted by Gasteiger charge is -2.29. The van der Waals surface area contributed by atoms with E-state index in [0.717, 1.165) is 5.69 Å². The molecule has 2 heterocycles. The van der Waals surface area contributed by atoms with Crippen LogP contribution in [0, 0.1) is 0 Å². The van der Waals surface area contributed by atoms with Crippen LogP contribution in [0.2, 0.25) is 0 Å². The van der Waals surface area contributed by atoms with Crippen molar-refractivity contribution >= 4 is 23.2 Å². The van der Waals surface area contributed by atoms with E-state index in [1.54, 1.807) is 17.4 Å². The van der Waals surface area contributed by atoms with Crippen LogP contribution in [0.1, 0.15) is 6.42 Å². The molecule has 7 heteroatoms.